The lowest BCUT2D eigenvalue weighted by Gasteiger charge is -2.38. The number of hydrogen-bond acceptors (Lipinski definition) is 6. The van der Waals surface area contributed by atoms with Crippen LogP contribution >= 0.6 is 0 Å². The molecule has 0 spiro atoms. The van der Waals surface area contributed by atoms with E-state index >= 15 is 0 Å². The molecule has 2 heterocycles. The lowest BCUT2D eigenvalue weighted by Crippen LogP contribution is -2.61. The van der Waals surface area contributed by atoms with E-state index in [-0.39, 0.29) is 24.4 Å². The number of nitrogens with one attached hydrogen (secondary N) is 5. The smallest absolute Gasteiger partial charge is 0.317 e. The van der Waals surface area contributed by atoms with E-state index in [1.165, 1.54) is 11.0 Å². The van der Waals surface area contributed by atoms with Crippen LogP contribution in [0.25, 0.3) is 0 Å². The lowest BCUT2D eigenvalue weighted by molar-refractivity contribution is -0.143. The molecule has 2 saturated heterocycles. The molecule has 0 bridgehead atoms. The Bertz CT molecular complexity index is 1400. The van der Waals surface area contributed by atoms with Gasteiger partial charge in [0.1, 0.15) is 12.1 Å². The maximum absolute atomic E-state index is 14.5. The van der Waals surface area contributed by atoms with Gasteiger partial charge in [-0.15, -0.1) is 6.58 Å². The van der Waals surface area contributed by atoms with E-state index in [0.29, 0.717) is 64.7 Å². The van der Waals surface area contributed by atoms with Crippen LogP contribution in [0.1, 0.15) is 77.3 Å². The van der Waals surface area contributed by atoms with E-state index in [0.717, 1.165) is 24.0 Å². The van der Waals surface area contributed by atoms with Crippen molar-refractivity contribution in [1.82, 2.24) is 36.4 Å². The van der Waals surface area contributed by atoms with Crippen LogP contribution in [0.5, 0.6) is 0 Å². The van der Waals surface area contributed by atoms with Gasteiger partial charge < -0.3 is 36.4 Å². The van der Waals surface area contributed by atoms with Gasteiger partial charge in [0, 0.05) is 32.7 Å². The molecule has 13 heteroatoms. The number of likely N-dealkylation sites (tertiary alicyclic amines) is 1. The van der Waals surface area contributed by atoms with E-state index in [2.05, 4.69) is 33.2 Å². The topological polar surface area (TPSA) is 169 Å². The monoisotopic (exact) mass is 693 g/mol. The molecule has 2 aliphatic heterocycles. The molecule has 1 aromatic carbocycles. The average Bonchev–Trinajstić information content (AvgIpc) is 3.75. The number of carbonyl (C=O) groups excluding carboxylic acids is 6. The zero-order valence-electron chi connectivity index (χ0n) is 30.0. The van der Waals surface area contributed by atoms with Crippen LogP contribution in [0.3, 0.4) is 0 Å². The number of fused-ring (bicyclic) bond motifs is 1. The molecule has 5 N–H and O–H groups in total. The molecule has 3 aliphatic rings. The number of benzene rings is 1. The maximum Gasteiger partial charge on any atom is 0.317 e. The normalized spacial score (nSPS) is 19.4. The van der Waals surface area contributed by atoms with Gasteiger partial charge >= 0.3 is 12.1 Å². The van der Waals surface area contributed by atoms with E-state index in [9.17, 15) is 28.8 Å². The van der Waals surface area contributed by atoms with Gasteiger partial charge in [-0.25, -0.2) is 9.59 Å². The summed E-state index contributed by atoms with van der Waals surface area (Å²) in [6.07, 6.45) is 6.10. The predicted octanol–water partition coefficient (Wildman–Crippen LogP) is 2.44. The molecule has 7 amide bonds. The summed E-state index contributed by atoms with van der Waals surface area (Å²) < 4.78 is 0. The van der Waals surface area contributed by atoms with Crippen LogP contribution in [0.4, 0.5) is 9.59 Å². The third kappa shape index (κ3) is 9.85. The van der Waals surface area contributed by atoms with Crippen molar-refractivity contribution in [1.29, 1.82) is 0 Å². The molecule has 1 unspecified atom stereocenters. The standard InChI is InChI=1S/C37H55N7O6/c1-6-8-15-27(31(45)33(47)38-17-7-2)40-32(46)28-16-11-20-44(28)34(48)30(26-21-24-13-9-10-14-25(24)22-26)42-35(49)41-29(37(3,4)5)23-43-19-12-18-39-36(43)50/h7,9-10,13-14,26-30H,2,6,8,11-12,15-23H2,1,3-5H3,(H,38,47)(H,39,50)(H,40,46)(H2,41,42,49)/t27?,28-,29+,30-/m0/s1. The zero-order valence-corrected chi connectivity index (χ0v) is 30.0. The van der Waals surface area contributed by atoms with Crippen LogP contribution in [0.15, 0.2) is 36.9 Å². The minimum Gasteiger partial charge on any atom is -0.346 e. The second-order valence-corrected chi connectivity index (χ2v) is 14.7. The Kier molecular flexibility index (Phi) is 13.4. The highest BCUT2D eigenvalue weighted by Gasteiger charge is 2.43. The molecule has 0 saturated carbocycles. The molecular weight excluding hydrogens is 638 g/mol. The van der Waals surface area contributed by atoms with Gasteiger partial charge in [0.25, 0.3) is 5.91 Å². The Balaban J connectivity index is 1.53. The van der Waals surface area contributed by atoms with Gasteiger partial charge in [0.15, 0.2) is 0 Å². The van der Waals surface area contributed by atoms with Crippen molar-refractivity contribution in [3.63, 3.8) is 0 Å². The fourth-order valence-corrected chi connectivity index (χ4v) is 7.00. The van der Waals surface area contributed by atoms with Gasteiger partial charge in [0.05, 0.1) is 12.1 Å². The van der Waals surface area contributed by atoms with Crippen molar-refractivity contribution in [3.8, 4) is 0 Å². The van der Waals surface area contributed by atoms with Crippen LogP contribution in [0.2, 0.25) is 0 Å². The van der Waals surface area contributed by atoms with Crippen molar-refractivity contribution < 1.29 is 28.8 Å². The highest BCUT2D eigenvalue weighted by Crippen LogP contribution is 2.31. The number of unbranched alkanes of at least 4 members (excludes halogenated alkanes) is 1. The molecule has 0 aromatic heterocycles. The SMILES string of the molecule is C=CCNC(=O)C(=O)C(CCCC)NC(=O)[C@@H]1CCCN1C(=O)[C@@H](NC(=O)N[C@H](CN1CCCNC1=O)C(C)(C)C)C1Cc2ccccc2C1. The minimum absolute atomic E-state index is 0.126. The molecule has 4 atom stereocenters. The molecule has 1 aliphatic carbocycles. The van der Waals surface area contributed by atoms with Gasteiger partial charge in [-0.1, -0.05) is 70.9 Å². The maximum atomic E-state index is 14.5. The largest absolute Gasteiger partial charge is 0.346 e. The average molecular weight is 694 g/mol. The summed E-state index contributed by atoms with van der Waals surface area (Å²) in [6.45, 7) is 13.4. The number of nitrogens with zero attached hydrogens (tertiary/aromatic N) is 2. The summed E-state index contributed by atoms with van der Waals surface area (Å²) in [7, 11) is 0. The van der Waals surface area contributed by atoms with E-state index in [1.54, 1.807) is 4.90 Å². The second-order valence-electron chi connectivity index (χ2n) is 14.7. The highest BCUT2D eigenvalue weighted by molar-refractivity contribution is 6.38. The Hall–Kier alpha value is -4.42. The van der Waals surface area contributed by atoms with Crippen molar-refractivity contribution in [2.45, 2.75) is 103 Å². The Labute approximate surface area is 295 Å². The number of Topliss-reactive ketones (excluding diaryl/α,β-unsaturated/α-hetero) is 1. The molecule has 1 aromatic rings. The van der Waals surface area contributed by atoms with Gasteiger partial charge in [-0.2, -0.15) is 0 Å². The Morgan fingerprint density at radius 3 is 2.34 bits per heavy atom. The fourth-order valence-electron chi connectivity index (χ4n) is 7.00. The van der Waals surface area contributed by atoms with Crippen molar-refractivity contribution in [2.24, 2.45) is 11.3 Å². The Morgan fingerprint density at radius 1 is 1.02 bits per heavy atom. The van der Waals surface area contributed by atoms with Crippen molar-refractivity contribution >= 4 is 35.6 Å². The summed E-state index contributed by atoms with van der Waals surface area (Å²) >= 11 is 0. The molecule has 274 valence electrons. The first-order valence-corrected chi connectivity index (χ1v) is 18.0. The quantitative estimate of drug-likeness (QED) is 0.140. The molecule has 50 heavy (non-hydrogen) atoms. The third-order valence-electron chi connectivity index (χ3n) is 9.98. The predicted molar refractivity (Wildman–Crippen MR) is 190 cm³/mol. The number of urea groups is 2. The zero-order chi connectivity index (χ0) is 36.4. The number of hydrogen-bond donors (Lipinski definition) is 5. The molecule has 0 radical (unpaired) electrons. The summed E-state index contributed by atoms with van der Waals surface area (Å²) in [5.41, 5.74) is 1.83. The van der Waals surface area contributed by atoms with Gasteiger partial charge in [-0.3, -0.25) is 19.2 Å². The summed E-state index contributed by atoms with van der Waals surface area (Å²) in [6, 6.07) is 4.06. The first-order chi connectivity index (χ1) is 23.8. The third-order valence-corrected chi connectivity index (χ3v) is 9.98. The number of amides is 7. The molecule has 4 rings (SSSR count). The summed E-state index contributed by atoms with van der Waals surface area (Å²) in [4.78, 5) is 83.3. The van der Waals surface area contributed by atoms with Gasteiger partial charge in [-0.05, 0) is 61.0 Å². The Morgan fingerprint density at radius 2 is 1.72 bits per heavy atom. The van der Waals surface area contributed by atoms with Crippen molar-refractivity contribution in [3.05, 3.63) is 48.0 Å². The van der Waals surface area contributed by atoms with Gasteiger partial charge in [0.2, 0.25) is 17.6 Å². The minimum atomic E-state index is -1.02. The number of ketones is 1. The molecule has 13 nitrogen and oxygen atoms in total. The lowest BCUT2D eigenvalue weighted by atomic mass is 9.86. The first kappa shape index (κ1) is 38.4. The van der Waals surface area contributed by atoms with Crippen LogP contribution in [-0.4, -0.2) is 102 Å². The highest BCUT2D eigenvalue weighted by atomic mass is 16.2. The van der Waals surface area contributed by atoms with Crippen LogP contribution in [0, 0.1) is 11.3 Å². The molecular formula is C37H55N7O6. The van der Waals surface area contributed by atoms with E-state index in [4.69, 9.17) is 0 Å². The van der Waals surface area contributed by atoms with Crippen LogP contribution in [-0.2, 0) is 32.0 Å². The summed E-state index contributed by atoms with van der Waals surface area (Å²) in [5.74, 6) is -2.63. The second kappa shape index (κ2) is 17.5. The fraction of sp³-hybridized carbons (Fsp3) is 0.622. The number of rotatable bonds is 15. The molecule has 2 fully saturated rings. The van der Waals surface area contributed by atoms with Crippen LogP contribution < -0.4 is 26.6 Å². The first-order valence-electron chi connectivity index (χ1n) is 18.0. The number of carbonyl (C=O) groups is 6. The van der Waals surface area contributed by atoms with Crippen molar-refractivity contribution in [2.75, 3.05) is 32.7 Å². The summed E-state index contributed by atoms with van der Waals surface area (Å²) in [5, 5.41) is 14.2. The van der Waals surface area contributed by atoms with E-state index in [1.807, 2.05) is 52.0 Å². The van der Waals surface area contributed by atoms with E-state index < -0.39 is 53.2 Å².